The monoisotopic (exact) mass is 175 g/mol. The average molecular weight is 175 g/mol. The van der Waals surface area contributed by atoms with Crippen LogP contribution in [0.2, 0.25) is 0 Å². The lowest BCUT2D eigenvalue weighted by Gasteiger charge is -2.13. The van der Waals surface area contributed by atoms with Gasteiger partial charge in [0.05, 0.1) is 0 Å². The maximum atomic E-state index is 4.02. The van der Waals surface area contributed by atoms with Crippen molar-refractivity contribution < 1.29 is 0 Å². The van der Waals surface area contributed by atoms with Gasteiger partial charge in [-0.2, -0.15) is 0 Å². The SMILES string of the molecule is [CH2]C(C)c1ccc(C(C)C)c(C)c1. The van der Waals surface area contributed by atoms with Crippen molar-refractivity contribution in [2.24, 2.45) is 0 Å². The van der Waals surface area contributed by atoms with Crippen molar-refractivity contribution in [2.75, 3.05) is 0 Å². The molecule has 1 atom stereocenters. The molecule has 0 aliphatic heterocycles. The van der Waals surface area contributed by atoms with Gasteiger partial charge >= 0.3 is 0 Å². The highest BCUT2D eigenvalue weighted by molar-refractivity contribution is 5.34. The molecule has 0 heteroatoms. The Balaban J connectivity index is 3.06. The van der Waals surface area contributed by atoms with Crippen LogP contribution in [0, 0.1) is 13.8 Å². The fourth-order valence-corrected chi connectivity index (χ4v) is 1.65. The highest BCUT2D eigenvalue weighted by atomic mass is 14.1. The molecule has 1 unspecified atom stereocenters. The third-order valence-electron chi connectivity index (χ3n) is 2.48. The summed E-state index contributed by atoms with van der Waals surface area (Å²) in [4.78, 5) is 0. The highest BCUT2D eigenvalue weighted by Crippen LogP contribution is 2.23. The zero-order chi connectivity index (χ0) is 10.0. The summed E-state index contributed by atoms with van der Waals surface area (Å²) in [5.74, 6) is 1.01. The first kappa shape index (κ1) is 10.3. The van der Waals surface area contributed by atoms with Crippen LogP contribution in [-0.2, 0) is 0 Å². The molecule has 0 saturated heterocycles. The molecule has 0 N–H and O–H groups in total. The molecule has 13 heavy (non-hydrogen) atoms. The minimum atomic E-state index is 0.389. The van der Waals surface area contributed by atoms with Crippen LogP contribution in [-0.4, -0.2) is 0 Å². The number of hydrogen-bond acceptors (Lipinski definition) is 0. The van der Waals surface area contributed by atoms with Crippen LogP contribution in [0.15, 0.2) is 18.2 Å². The van der Waals surface area contributed by atoms with E-state index in [0.29, 0.717) is 11.8 Å². The molecule has 0 aliphatic carbocycles. The largest absolute Gasteiger partial charge is 0.0587 e. The first-order chi connectivity index (χ1) is 6.02. The summed E-state index contributed by atoms with van der Waals surface area (Å²) in [5.41, 5.74) is 4.18. The van der Waals surface area contributed by atoms with E-state index in [4.69, 9.17) is 0 Å². The molecule has 0 nitrogen and oxygen atoms in total. The van der Waals surface area contributed by atoms with Gasteiger partial charge in [-0.15, -0.1) is 0 Å². The van der Waals surface area contributed by atoms with E-state index in [2.05, 4.69) is 52.8 Å². The third kappa shape index (κ3) is 2.33. The Morgan fingerprint density at radius 3 is 2.15 bits per heavy atom. The van der Waals surface area contributed by atoms with Gasteiger partial charge in [0.2, 0.25) is 0 Å². The molecule has 0 amide bonds. The molecule has 0 saturated carbocycles. The Labute approximate surface area is 82.0 Å². The Bertz CT molecular complexity index is 282. The minimum absolute atomic E-state index is 0.389. The Morgan fingerprint density at radius 1 is 1.15 bits per heavy atom. The number of rotatable bonds is 2. The molecule has 0 heterocycles. The van der Waals surface area contributed by atoms with Crippen LogP contribution < -0.4 is 0 Å². The molecule has 0 fully saturated rings. The molecule has 0 bridgehead atoms. The van der Waals surface area contributed by atoms with Crippen molar-refractivity contribution in [3.63, 3.8) is 0 Å². The maximum absolute atomic E-state index is 4.02. The van der Waals surface area contributed by atoms with E-state index < -0.39 is 0 Å². The molecule has 1 rings (SSSR count). The van der Waals surface area contributed by atoms with Crippen molar-refractivity contribution in [3.05, 3.63) is 41.8 Å². The van der Waals surface area contributed by atoms with Gasteiger partial charge in [0.1, 0.15) is 0 Å². The summed E-state index contributed by atoms with van der Waals surface area (Å²) in [7, 11) is 0. The third-order valence-corrected chi connectivity index (χ3v) is 2.48. The van der Waals surface area contributed by atoms with Crippen LogP contribution in [0.1, 0.15) is 49.3 Å². The highest BCUT2D eigenvalue weighted by Gasteiger charge is 2.05. The van der Waals surface area contributed by atoms with Gasteiger partial charge in [-0.25, -0.2) is 0 Å². The lowest BCUT2D eigenvalue weighted by Crippen LogP contribution is -1.95. The first-order valence-electron chi connectivity index (χ1n) is 4.96. The lowest BCUT2D eigenvalue weighted by molar-refractivity contribution is 0.850. The number of benzene rings is 1. The van der Waals surface area contributed by atoms with Gasteiger partial charge in [-0.1, -0.05) is 39.0 Å². The topological polar surface area (TPSA) is 0 Å². The van der Waals surface area contributed by atoms with E-state index in [-0.39, 0.29) is 0 Å². The molecule has 1 radical (unpaired) electrons. The van der Waals surface area contributed by atoms with Crippen LogP contribution >= 0.6 is 0 Å². The predicted molar refractivity (Wildman–Crippen MR) is 59.0 cm³/mol. The summed E-state index contributed by atoms with van der Waals surface area (Å²) in [6.07, 6.45) is 0. The fraction of sp³-hybridized carbons (Fsp3) is 0.462. The van der Waals surface area contributed by atoms with Gasteiger partial charge in [0, 0.05) is 0 Å². The summed E-state index contributed by atoms with van der Waals surface area (Å²) < 4.78 is 0. The second kappa shape index (κ2) is 3.95. The molecule has 0 aliphatic rings. The van der Waals surface area contributed by atoms with E-state index in [1.54, 1.807) is 0 Å². The van der Waals surface area contributed by atoms with E-state index in [1.807, 2.05) is 0 Å². The van der Waals surface area contributed by atoms with Gasteiger partial charge < -0.3 is 0 Å². The van der Waals surface area contributed by atoms with Gasteiger partial charge in [0.25, 0.3) is 0 Å². The van der Waals surface area contributed by atoms with E-state index in [1.165, 1.54) is 16.7 Å². The normalized spacial score (nSPS) is 11.3. The summed E-state index contributed by atoms with van der Waals surface area (Å²) >= 11 is 0. The van der Waals surface area contributed by atoms with E-state index in [9.17, 15) is 0 Å². The molecule has 1 aromatic rings. The van der Waals surface area contributed by atoms with Crippen molar-refractivity contribution >= 4 is 0 Å². The summed E-state index contributed by atoms with van der Waals surface area (Å²) in [6, 6.07) is 6.68. The van der Waals surface area contributed by atoms with Gasteiger partial charge in [0.15, 0.2) is 0 Å². The maximum Gasteiger partial charge on any atom is -0.0190 e. The minimum Gasteiger partial charge on any atom is -0.0587 e. The zero-order valence-electron chi connectivity index (χ0n) is 9.09. The molecule has 0 aromatic heterocycles. The van der Waals surface area contributed by atoms with Crippen molar-refractivity contribution in [3.8, 4) is 0 Å². The average Bonchev–Trinajstić information content (AvgIpc) is 2.03. The van der Waals surface area contributed by atoms with Crippen LogP contribution in [0.25, 0.3) is 0 Å². The Kier molecular flexibility index (Phi) is 3.13. The molecular weight excluding hydrogens is 156 g/mol. The van der Waals surface area contributed by atoms with Crippen molar-refractivity contribution in [1.29, 1.82) is 0 Å². The van der Waals surface area contributed by atoms with Crippen molar-refractivity contribution in [2.45, 2.75) is 39.5 Å². The second-order valence-corrected chi connectivity index (χ2v) is 4.17. The number of aryl methyl sites for hydroxylation is 1. The van der Waals surface area contributed by atoms with Crippen LogP contribution in [0.5, 0.6) is 0 Å². The smallest absolute Gasteiger partial charge is 0.0190 e. The summed E-state index contributed by atoms with van der Waals surface area (Å²) in [6.45, 7) is 12.8. The summed E-state index contributed by atoms with van der Waals surface area (Å²) in [5, 5.41) is 0. The fourth-order valence-electron chi connectivity index (χ4n) is 1.65. The van der Waals surface area contributed by atoms with Gasteiger partial charge in [-0.05, 0) is 42.4 Å². The van der Waals surface area contributed by atoms with E-state index >= 15 is 0 Å². The number of hydrogen-bond donors (Lipinski definition) is 0. The Hall–Kier alpha value is -0.780. The molecule has 71 valence electrons. The predicted octanol–water partition coefficient (Wildman–Crippen LogP) is 4.06. The molecule has 1 aromatic carbocycles. The van der Waals surface area contributed by atoms with Crippen LogP contribution in [0.4, 0.5) is 0 Å². The van der Waals surface area contributed by atoms with Gasteiger partial charge in [-0.3, -0.25) is 0 Å². The molecule has 0 spiro atoms. The lowest BCUT2D eigenvalue weighted by atomic mass is 9.93. The standard InChI is InChI=1S/C13H19/c1-9(2)12-6-7-13(10(3)4)11(5)8-12/h6-10H,1H2,2-5H3. The molecular formula is C13H19. The van der Waals surface area contributed by atoms with E-state index in [0.717, 1.165) is 0 Å². The van der Waals surface area contributed by atoms with Crippen LogP contribution in [0.3, 0.4) is 0 Å². The first-order valence-corrected chi connectivity index (χ1v) is 4.96. The second-order valence-electron chi connectivity index (χ2n) is 4.17. The quantitative estimate of drug-likeness (QED) is 0.636. The Morgan fingerprint density at radius 2 is 1.77 bits per heavy atom. The van der Waals surface area contributed by atoms with Crippen molar-refractivity contribution in [1.82, 2.24) is 0 Å². The zero-order valence-corrected chi connectivity index (χ0v) is 9.09.